The van der Waals surface area contributed by atoms with Gasteiger partial charge in [0.25, 0.3) is 0 Å². The highest BCUT2D eigenvalue weighted by molar-refractivity contribution is 6.05. The molecule has 0 aliphatic heterocycles. The molecule has 0 saturated heterocycles. The average molecular weight is 224 g/mol. The minimum Gasteiger partial charge on any atom is -0.481 e. The highest BCUT2D eigenvalue weighted by atomic mass is 16.4. The maximum atomic E-state index is 11.2. The molecule has 0 aromatic rings. The molecule has 1 aliphatic carbocycles. The third-order valence-corrected chi connectivity index (χ3v) is 2.61. The first kappa shape index (κ1) is 12.2. The van der Waals surface area contributed by atoms with Crippen molar-refractivity contribution in [2.24, 2.45) is 5.41 Å². The van der Waals surface area contributed by atoms with Crippen LogP contribution in [0.1, 0.15) is 20.3 Å². The average Bonchev–Trinajstić information content (AvgIpc) is 2.16. The predicted molar refractivity (Wildman–Crippen MR) is 54.8 cm³/mol. The van der Waals surface area contributed by atoms with Gasteiger partial charge in [-0.2, -0.15) is 0 Å². The molecule has 0 radical (unpaired) electrons. The summed E-state index contributed by atoms with van der Waals surface area (Å²) in [7, 11) is 0. The van der Waals surface area contributed by atoms with Crippen LogP contribution in [-0.4, -0.2) is 27.9 Å². The van der Waals surface area contributed by atoms with E-state index in [1.807, 2.05) is 0 Å². The number of hydrogen-bond donors (Lipinski definition) is 2. The third kappa shape index (κ3) is 2.03. The Bertz CT molecular complexity index is 430. The van der Waals surface area contributed by atoms with Gasteiger partial charge in [0.15, 0.2) is 5.78 Å². The number of carbonyl (C=O) groups excluding carboxylic acids is 1. The lowest BCUT2D eigenvalue weighted by atomic mass is 9.77. The zero-order chi connectivity index (χ0) is 12.5. The standard InChI is InChI=1S/C11H12O5/c1-6(12)7-3-4-11(2,10(15)16)5-8(7)9(13)14/h3-4H,5H2,1-2H3,(H,13,14)(H,15,16). The molecule has 1 rings (SSSR count). The normalized spacial score (nSPS) is 24.4. The Balaban J connectivity index is 3.23. The molecule has 86 valence electrons. The summed E-state index contributed by atoms with van der Waals surface area (Å²) in [5.74, 6) is -2.73. The summed E-state index contributed by atoms with van der Waals surface area (Å²) in [5.41, 5.74) is -1.32. The fourth-order valence-electron chi connectivity index (χ4n) is 1.56. The number of aliphatic carboxylic acids is 2. The Labute approximate surface area is 92.1 Å². The smallest absolute Gasteiger partial charge is 0.332 e. The first-order chi connectivity index (χ1) is 7.28. The van der Waals surface area contributed by atoms with E-state index in [2.05, 4.69) is 0 Å². The summed E-state index contributed by atoms with van der Waals surface area (Å²) in [6, 6.07) is 0. The summed E-state index contributed by atoms with van der Waals surface area (Å²) < 4.78 is 0. The molecule has 1 atom stereocenters. The number of Topliss-reactive ketones (excluding diaryl/α,β-unsaturated/α-hetero) is 1. The molecule has 5 heteroatoms. The molecule has 5 nitrogen and oxygen atoms in total. The molecule has 0 bridgehead atoms. The molecule has 0 heterocycles. The molecule has 16 heavy (non-hydrogen) atoms. The highest BCUT2D eigenvalue weighted by Gasteiger charge is 2.37. The monoisotopic (exact) mass is 224 g/mol. The van der Waals surface area contributed by atoms with Gasteiger partial charge in [-0.1, -0.05) is 12.2 Å². The van der Waals surface area contributed by atoms with E-state index < -0.39 is 17.4 Å². The Morgan fingerprint density at radius 2 is 1.88 bits per heavy atom. The van der Waals surface area contributed by atoms with Gasteiger partial charge < -0.3 is 10.2 Å². The van der Waals surface area contributed by atoms with Crippen LogP contribution in [0.2, 0.25) is 0 Å². The molecule has 0 aromatic carbocycles. The summed E-state index contributed by atoms with van der Waals surface area (Å²) >= 11 is 0. The first-order valence-electron chi connectivity index (χ1n) is 4.68. The lowest BCUT2D eigenvalue weighted by Gasteiger charge is -2.25. The molecule has 1 aliphatic rings. The zero-order valence-electron chi connectivity index (χ0n) is 8.98. The van der Waals surface area contributed by atoms with Gasteiger partial charge in [-0.15, -0.1) is 0 Å². The fraction of sp³-hybridized carbons (Fsp3) is 0.364. The van der Waals surface area contributed by atoms with E-state index in [0.717, 1.165) is 0 Å². The molecule has 0 fully saturated rings. The molecular formula is C11H12O5. The van der Waals surface area contributed by atoms with Crippen molar-refractivity contribution >= 4 is 17.7 Å². The van der Waals surface area contributed by atoms with Crippen molar-refractivity contribution < 1.29 is 24.6 Å². The lowest BCUT2D eigenvalue weighted by Crippen LogP contribution is -2.30. The van der Waals surface area contributed by atoms with Crippen LogP contribution in [0.3, 0.4) is 0 Å². The van der Waals surface area contributed by atoms with Crippen LogP contribution in [0.5, 0.6) is 0 Å². The lowest BCUT2D eigenvalue weighted by molar-refractivity contribution is -0.145. The van der Waals surface area contributed by atoms with Crippen LogP contribution in [0.15, 0.2) is 23.3 Å². The molecule has 1 unspecified atom stereocenters. The van der Waals surface area contributed by atoms with Crippen molar-refractivity contribution in [2.45, 2.75) is 20.3 Å². The van der Waals surface area contributed by atoms with E-state index in [1.54, 1.807) is 0 Å². The number of rotatable bonds is 3. The van der Waals surface area contributed by atoms with Crippen LogP contribution in [0, 0.1) is 5.41 Å². The maximum absolute atomic E-state index is 11.2. The van der Waals surface area contributed by atoms with Gasteiger partial charge in [0.1, 0.15) is 0 Å². The van der Waals surface area contributed by atoms with Crippen molar-refractivity contribution in [2.75, 3.05) is 0 Å². The molecule has 2 N–H and O–H groups in total. The minimum absolute atomic E-state index is 0.0752. The van der Waals surface area contributed by atoms with E-state index in [4.69, 9.17) is 10.2 Å². The molecule has 0 saturated carbocycles. The summed E-state index contributed by atoms with van der Waals surface area (Å²) in [6.07, 6.45) is 2.46. The maximum Gasteiger partial charge on any atom is 0.332 e. The Hall–Kier alpha value is -1.91. The van der Waals surface area contributed by atoms with Gasteiger partial charge >= 0.3 is 11.9 Å². The van der Waals surface area contributed by atoms with E-state index in [0.29, 0.717) is 0 Å². The SMILES string of the molecule is CC(=O)C1=C(C(=O)O)CC(C)(C(=O)O)C=C1. The van der Waals surface area contributed by atoms with E-state index in [-0.39, 0.29) is 23.4 Å². The van der Waals surface area contributed by atoms with Crippen LogP contribution in [0.25, 0.3) is 0 Å². The summed E-state index contributed by atoms with van der Waals surface area (Å²) in [4.78, 5) is 33.1. The predicted octanol–water partition coefficient (Wildman–Crippen LogP) is 1.01. The largest absolute Gasteiger partial charge is 0.481 e. The van der Waals surface area contributed by atoms with E-state index >= 15 is 0 Å². The Morgan fingerprint density at radius 3 is 2.25 bits per heavy atom. The topological polar surface area (TPSA) is 91.7 Å². The van der Waals surface area contributed by atoms with Crippen molar-refractivity contribution in [1.29, 1.82) is 0 Å². The van der Waals surface area contributed by atoms with Crippen molar-refractivity contribution in [1.82, 2.24) is 0 Å². The minimum atomic E-state index is -1.26. The second-order valence-electron chi connectivity index (χ2n) is 3.99. The molecule has 0 amide bonds. The number of allylic oxidation sites excluding steroid dienone is 2. The Kier molecular flexibility index (Phi) is 2.98. The molecule has 0 spiro atoms. The van der Waals surface area contributed by atoms with Crippen molar-refractivity contribution in [3.8, 4) is 0 Å². The van der Waals surface area contributed by atoms with Gasteiger partial charge in [0.2, 0.25) is 0 Å². The van der Waals surface area contributed by atoms with Gasteiger partial charge in [-0.25, -0.2) is 4.79 Å². The van der Waals surface area contributed by atoms with Gasteiger partial charge in [0.05, 0.1) is 5.41 Å². The van der Waals surface area contributed by atoms with Crippen molar-refractivity contribution in [3.05, 3.63) is 23.3 Å². The van der Waals surface area contributed by atoms with Crippen LogP contribution in [-0.2, 0) is 14.4 Å². The fourth-order valence-corrected chi connectivity index (χ4v) is 1.56. The summed E-state index contributed by atoms with van der Waals surface area (Å²) in [6.45, 7) is 2.68. The number of carbonyl (C=O) groups is 3. The van der Waals surface area contributed by atoms with Crippen LogP contribution in [0.4, 0.5) is 0 Å². The number of carboxylic acid groups (broad SMARTS) is 2. The van der Waals surface area contributed by atoms with E-state index in [9.17, 15) is 14.4 Å². The summed E-state index contributed by atoms with van der Waals surface area (Å²) in [5, 5.41) is 17.9. The second kappa shape index (κ2) is 3.92. The zero-order valence-corrected chi connectivity index (χ0v) is 8.98. The van der Waals surface area contributed by atoms with Gasteiger partial charge in [-0.3, -0.25) is 9.59 Å². The third-order valence-electron chi connectivity index (χ3n) is 2.61. The van der Waals surface area contributed by atoms with Crippen molar-refractivity contribution in [3.63, 3.8) is 0 Å². The number of carboxylic acids is 2. The van der Waals surface area contributed by atoms with Gasteiger partial charge in [0, 0.05) is 11.1 Å². The number of ketones is 1. The second-order valence-corrected chi connectivity index (χ2v) is 3.99. The molecule has 0 aromatic heterocycles. The first-order valence-corrected chi connectivity index (χ1v) is 4.68. The molecular weight excluding hydrogens is 212 g/mol. The highest BCUT2D eigenvalue weighted by Crippen LogP contribution is 2.34. The Morgan fingerprint density at radius 1 is 1.31 bits per heavy atom. The van der Waals surface area contributed by atoms with E-state index in [1.165, 1.54) is 26.0 Å². The van der Waals surface area contributed by atoms with Crippen LogP contribution < -0.4 is 0 Å². The van der Waals surface area contributed by atoms with Gasteiger partial charge in [-0.05, 0) is 20.3 Å². The quantitative estimate of drug-likeness (QED) is 0.746. The van der Waals surface area contributed by atoms with Crippen LogP contribution >= 0.6 is 0 Å². The number of hydrogen-bond acceptors (Lipinski definition) is 3.